The summed E-state index contributed by atoms with van der Waals surface area (Å²) >= 11 is 0. The maximum absolute atomic E-state index is 5.06. The van der Waals surface area contributed by atoms with Gasteiger partial charge in [0.1, 0.15) is 5.82 Å². The second-order valence-electron chi connectivity index (χ2n) is 11.7. The van der Waals surface area contributed by atoms with Crippen molar-refractivity contribution in [1.29, 1.82) is 0 Å². The number of pyridine rings is 1. The first kappa shape index (κ1) is 25.0. The van der Waals surface area contributed by atoms with Crippen molar-refractivity contribution in [2.75, 3.05) is 4.90 Å². The highest BCUT2D eigenvalue weighted by molar-refractivity contribution is 6.24. The van der Waals surface area contributed by atoms with Crippen LogP contribution in [-0.4, -0.2) is 4.98 Å². The molecule has 0 fully saturated rings. The number of aromatic nitrogens is 1. The summed E-state index contributed by atoms with van der Waals surface area (Å²) in [6.45, 7) is 6.68. The molecule has 0 aliphatic rings. The third-order valence-corrected chi connectivity index (χ3v) is 8.04. The van der Waals surface area contributed by atoms with Gasteiger partial charge in [-0.1, -0.05) is 136 Å². The molecule has 6 aromatic carbocycles. The van der Waals surface area contributed by atoms with Gasteiger partial charge in [-0.25, -0.2) is 4.98 Å². The summed E-state index contributed by atoms with van der Waals surface area (Å²) < 4.78 is 0. The number of para-hydroxylation sites is 1. The highest BCUT2D eigenvalue weighted by Gasteiger charge is 2.23. The van der Waals surface area contributed by atoms with Crippen molar-refractivity contribution in [3.05, 3.63) is 145 Å². The van der Waals surface area contributed by atoms with Crippen LogP contribution in [0.4, 0.5) is 17.2 Å². The van der Waals surface area contributed by atoms with Crippen LogP contribution in [0.15, 0.2) is 140 Å². The summed E-state index contributed by atoms with van der Waals surface area (Å²) in [5.41, 5.74) is 5.99. The molecule has 1 aromatic heterocycles. The van der Waals surface area contributed by atoms with Crippen LogP contribution in [0, 0.1) is 0 Å². The average molecular weight is 529 g/mol. The first-order chi connectivity index (χ1) is 20.0. The molecule has 0 saturated heterocycles. The predicted molar refractivity (Wildman–Crippen MR) is 176 cm³/mol. The second kappa shape index (κ2) is 9.91. The SMILES string of the molecule is CC(C)(C)c1ccc(N(c2ccccc2)c2c3ccccc3c(-c3cccc4ccccc34)c3ccccc23)nc1. The number of benzene rings is 6. The van der Waals surface area contributed by atoms with E-state index in [2.05, 4.69) is 159 Å². The highest BCUT2D eigenvalue weighted by atomic mass is 15.2. The molecule has 0 atom stereocenters. The van der Waals surface area contributed by atoms with Crippen LogP contribution >= 0.6 is 0 Å². The van der Waals surface area contributed by atoms with Crippen LogP contribution in [0.2, 0.25) is 0 Å². The van der Waals surface area contributed by atoms with Crippen LogP contribution in [0.3, 0.4) is 0 Å². The molecule has 41 heavy (non-hydrogen) atoms. The van der Waals surface area contributed by atoms with Crippen molar-refractivity contribution >= 4 is 49.5 Å². The first-order valence-electron chi connectivity index (χ1n) is 14.2. The third kappa shape index (κ3) is 4.33. The minimum Gasteiger partial charge on any atom is -0.294 e. The van der Waals surface area contributed by atoms with Crippen LogP contribution < -0.4 is 4.90 Å². The monoisotopic (exact) mass is 528 g/mol. The van der Waals surface area contributed by atoms with Crippen molar-refractivity contribution < 1.29 is 0 Å². The van der Waals surface area contributed by atoms with E-state index in [9.17, 15) is 0 Å². The molecule has 2 heteroatoms. The fourth-order valence-electron chi connectivity index (χ4n) is 5.99. The number of rotatable bonds is 4. The van der Waals surface area contributed by atoms with Crippen molar-refractivity contribution in [2.45, 2.75) is 26.2 Å². The van der Waals surface area contributed by atoms with Gasteiger partial charge >= 0.3 is 0 Å². The van der Waals surface area contributed by atoms with Crippen LogP contribution in [-0.2, 0) is 5.41 Å². The largest absolute Gasteiger partial charge is 0.294 e. The second-order valence-corrected chi connectivity index (χ2v) is 11.7. The van der Waals surface area contributed by atoms with Gasteiger partial charge in [-0.15, -0.1) is 0 Å². The normalized spacial score (nSPS) is 11.8. The molecule has 0 aliphatic heterocycles. The van der Waals surface area contributed by atoms with E-state index in [-0.39, 0.29) is 5.41 Å². The standard InChI is InChI=1S/C39H32N2/c1-39(2,3)28-24-25-36(40-26-28)41(29-16-5-4-6-17-29)38-34-21-11-9-19-32(34)37(33-20-10-12-22-35(33)38)31-23-13-15-27-14-7-8-18-30(27)31/h4-26H,1-3H3. The Labute approximate surface area is 241 Å². The van der Waals surface area contributed by atoms with Gasteiger partial charge in [-0.2, -0.15) is 0 Å². The van der Waals surface area contributed by atoms with E-state index in [1.54, 1.807) is 0 Å². The van der Waals surface area contributed by atoms with E-state index in [0.29, 0.717) is 0 Å². The molecular formula is C39H32N2. The lowest BCUT2D eigenvalue weighted by Gasteiger charge is -2.29. The number of hydrogen-bond donors (Lipinski definition) is 0. The molecule has 7 rings (SSSR count). The summed E-state index contributed by atoms with van der Waals surface area (Å²) in [6.07, 6.45) is 2.03. The number of nitrogens with zero attached hydrogens (tertiary/aromatic N) is 2. The molecule has 1 heterocycles. The molecule has 0 saturated carbocycles. The topological polar surface area (TPSA) is 16.1 Å². The van der Waals surface area contributed by atoms with E-state index in [0.717, 1.165) is 17.2 Å². The quantitative estimate of drug-likeness (QED) is 0.211. The van der Waals surface area contributed by atoms with Gasteiger partial charge in [0, 0.05) is 22.7 Å². The lowest BCUT2D eigenvalue weighted by molar-refractivity contribution is 0.587. The maximum Gasteiger partial charge on any atom is 0.137 e. The Morgan fingerprint density at radius 2 is 1.07 bits per heavy atom. The van der Waals surface area contributed by atoms with Gasteiger partial charge in [-0.3, -0.25) is 4.90 Å². The van der Waals surface area contributed by atoms with Crippen LogP contribution in [0.1, 0.15) is 26.3 Å². The summed E-state index contributed by atoms with van der Waals surface area (Å²) in [4.78, 5) is 7.38. The molecule has 2 nitrogen and oxygen atoms in total. The van der Waals surface area contributed by atoms with E-state index in [1.165, 1.54) is 49.0 Å². The van der Waals surface area contributed by atoms with Crippen LogP contribution in [0.5, 0.6) is 0 Å². The molecule has 7 aromatic rings. The van der Waals surface area contributed by atoms with Gasteiger partial charge < -0.3 is 0 Å². The maximum atomic E-state index is 5.06. The fraction of sp³-hybridized carbons (Fsp3) is 0.103. The molecule has 0 N–H and O–H groups in total. The zero-order chi connectivity index (χ0) is 28.0. The Hall–Kier alpha value is -4.95. The molecule has 0 unspecified atom stereocenters. The molecule has 198 valence electrons. The zero-order valence-corrected chi connectivity index (χ0v) is 23.7. The smallest absolute Gasteiger partial charge is 0.137 e. The van der Waals surface area contributed by atoms with Crippen molar-refractivity contribution in [2.24, 2.45) is 0 Å². The van der Waals surface area contributed by atoms with Crippen molar-refractivity contribution in [3.63, 3.8) is 0 Å². The lowest BCUT2D eigenvalue weighted by Crippen LogP contribution is -2.15. The Morgan fingerprint density at radius 1 is 0.512 bits per heavy atom. The van der Waals surface area contributed by atoms with Gasteiger partial charge in [0.15, 0.2) is 0 Å². The number of hydrogen-bond acceptors (Lipinski definition) is 2. The summed E-state index contributed by atoms with van der Waals surface area (Å²) in [5.74, 6) is 0.900. The van der Waals surface area contributed by atoms with Crippen LogP contribution in [0.25, 0.3) is 43.4 Å². The Kier molecular flexibility index (Phi) is 6.05. The minimum absolute atomic E-state index is 0.0304. The third-order valence-electron chi connectivity index (χ3n) is 8.04. The minimum atomic E-state index is 0.0304. The van der Waals surface area contributed by atoms with Gasteiger partial charge in [0.25, 0.3) is 0 Å². The molecule has 0 spiro atoms. The number of fused-ring (bicyclic) bond motifs is 3. The fourth-order valence-corrected chi connectivity index (χ4v) is 5.99. The lowest BCUT2D eigenvalue weighted by atomic mass is 9.87. The van der Waals surface area contributed by atoms with Gasteiger partial charge in [0.2, 0.25) is 0 Å². The summed E-state index contributed by atoms with van der Waals surface area (Å²) in [6, 6.07) is 47.9. The Balaban J connectivity index is 1.59. The predicted octanol–water partition coefficient (Wildman–Crippen LogP) is 11.0. The van der Waals surface area contributed by atoms with Gasteiger partial charge in [0.05, 0.1) is 5.69 Å². The van der Waals surface area contributed by atoms with E-state index < -0.39 is 0 Å². The molecule has 0 aliphatic carbocycles. The van der Waals surface area contributed by atoms with E-state index in [4.69, 9.17) is 4.98 Å². The van der Waals surface area contributed by atoms with E-state index >= 15 is 0 Å². The molecule has 0 amide bonds. The van der Waals surface area contributed by atoms with Crippen molar-refractivity contribution in [3.8, 4) is 11.1 Å². The molecule has 0 bridgehead atoms. The average Bonchev–Trinajstić information content (AvgIpc) is 3.01. The summed E-state index contributed by atoms with van der Waals surface area (Å²) in [7, 11) is 0. The first-order valence-corrected chi connectivity index (χ1v) is 14.2. The van der Waals surface area contributed by atoms with E-state index in [1.807, 2.05) is 6.20 Å². The Bertz CT molecular complexity index is 1950. The van der Waals surface area contributed by atoms with Gasteiger partial charge in [-0.05, 0) is 61.8 Å². The summed E-state index contributed by atoms with van der Waals surface area (Å²) in [5, 5.41) is 7.35. The van der Waals surface area contributed by atoms with Crippen molar-refractivity contribution in [1.82, 2.24) is 4.98 Å². The highest BCUT2D eigenvalue weighted by Crippen LogP contribution is 2.48. The zero-order valence-electron chi connectivity index (χ0n) is 23.7. The Morgan fingerprint density at radius 3 is 1.68 bits per heavy atom. The number of anilines is 3. The molecule has 0 radical (unpaired) electrons. The molecular weight excluding hydrogens is 496 g/mol.